The molecule has 1 aliphatic heterocycles. The Morgan fingerprint density at radius 2 is 2.00 bits per heavy atom. The van der Waals surface area contributed by atoms with Crippen molar-refractivity contribution in [2.75, 3.05) is 30.5 Å². The van der Waals surface area contributed by atoms with Crippen molar-refractivity contribution < 1.29 is 9.13 Å². The van der Waals surface area contributed by atoms with Crippen LogP contribution in [0.4, 0.5) is 15.9 Å². The van der Waals surface area contributed by atoms with Crippen molar-refractivity contribution in [1.29, 1.82) is 0 Å². The minimum atomic E-state index is -0.248. The third kappa shape index (κ3) is 3.98. The molecule has 7 nitrogen and oxygen atoms in total. The van der Waals surface area contributed by atoms with Gasteiger partial charge in [-0.3, -0.25) is 10.3 Å². The molecule has 0 bridgehead atoms. The van der Waals surface area contributed by atoms with Gasteiger partial charge in [0, 0.05) is 31.2 Å². The van der Waals surface area contributed by atoms with E-state index < -0.39 is 0 Å². The van der Waals surface area contributed by atoms with E-state index in [4.69, 9.17) is 20.4 Å². The zero-order chi connectivity index (χ0) is 22.9. The highest BCUT2D eigenvalue weighted by Gasteiger charge is 2.23. The molecule has 0 radical (unpaired) electrons. The van der Waals surface area contributed by atoms with Gasteiger partial charge in [-0.05, 0) is 55.7 Å². The molecule has 2 aromatic carbocycles. The van der Waals surface area contributed by atoms with E-state index in [1.807, 2.05) is 35.8 Å². The summed E-state index contributed by atoms with van der Waals surface area (Å²) in [5.74, 6) is 1.83. The van der Waals surface area contributed by atoms with Gasteiger partial charge in [0.05, 0.1) is 11.2 Å². The van der Waals surface area contributed by atoms with Gasteiger partial charge >= 0.3 is 0 Å². The van der Waals surface area contributed by atoms with E-state index in [9.17, 15) is 4.39 Å². The maximum absolute atomic E-state index is 13.7. The highest BCUT2D eigenvalue weighted by atomic mass is 19.1. The maximum atomic E-state index is 13.7. The molecule has 170 valence electrons. The van der Waals surface area contributed by atoms with Gasteiger partial charge in [0.1, 0.15) is 24.0 Å². The first-order valence-electron chi connectivity index (χ1n) is 11.1. The number of nitrogens with zero attached hydrogens (tertiary/aromatic N) is 4. The number of fused-ring (bicyclic) bond motifs is 2. The Balaban J connectivity index is 1.61. The van der Waals surface area contributed by atoms with Crippen molar-refractivity contribution in [3.05, 3.63) is 71.3 Å². The van der Waals surface area contributed by atoms with E-state index in [-0.39, 0.29) is 12.5 Å². The molecule has 2 aromatic heterocycles. The lowest BCUT2D eigenvalue weighted by Crippen LogP contribution is -2.28. The van der Waals surface area contributed by atoms with Crippen molar-refractivity contribution in [2.45, 2.75) is 26.3 Å². The predicted octanol–water partition coefficient (Wildman–Crippen LogP) is 4.16. The molecule has 4 aromatic rings. The van der Waals surface area contributed by atoms with Gasteiger partial charge in [0.15, 0.2) is 5.82 Å². The second kappa shape index (κ2) is 8.71. The lowest BCUT2D eigenvalue weighted by molar-refractivity contribution is 0.333. The molecule has 1 aliphatic rings. The Bertz CT molecular complexity index is 1320. The number of hydrogen-bond acceptors (Lipinski definition) is 6. The second-order valence-electron chi connectivity index (χ2n) is 8.30. The molecule has 8 heteroatoms. The SMILES string of the molecule is Cc1cc2c(OCN)cccc2n1-c1nc2c(c(NCc3cccc(F)c3)n1)N(C)CCC2. The Morgan fingerprint density at radius 1 is 1.15 bits per heavy atom. The molecule has 0 fully saturated rings. The van der Waals surface area contributed by atoms with Crippen LogP contribution in [0.25, 0.3) is 16.9 Å². The number of ether oxygens (including phenoxy) is 1. The monoisotopic (exact) mass is 446 g/mol. The molecule has 0 amide bonds. The summed E-state index contributed by atoms with van der Waals surface area (Å²) in [6.07, 6.45) is 1.91. The lowest BCUT2D eigenvalue weighted by Gasteiger charge is -2.29. The average Bonchev–Trinajstić information content (AvgIpc) is 3.14. The first-order valence-corrected chi connectivity index (χ1v) is 11.1. The molecule has 0 saturated carbocycles. The van der Waals surface area contributed by atoms with E-state index in [1.54, 1.807) is 6.07 Å². The third-order valence-electron chi connectivity index (χ3n) is 6.01. The maximum Gasteiger partial charge on any atom is 0.236 e. The molecule has 33 heavy (non-hydrogen) atoms. The van der Waals surface area contributed by atoms with Crippen LogP contribution < -0.4 is 20.7 Å². The smallest absolute Gasteiger partial charge is 0.236 e. The fourth-order valence-corrected chi connectivity index (χ4v) is 4.53. The molecule has 0 atom stereocenters. The molecule has 0 unspecified atom stereocenters. The summed E-state index contributed by atoms with van der Waals surface area (Å²) in [5, 5.41) is 4.40. The topological polar surface area (TPSA) is 81.2 Å². The van der Waals surface area contributed by atoms with Gasteiger partial charge in [-0.2, -0.15) is 4.98 Å². The number of aromatic nitrogens is 3. The van der Waals surface area contributed by atoms with Gasteiger partial charge in [-0.1, -0.05) is 18.2 Å². The lowest BCUT2D eigenvalue weighted by atomic mass is 10.1. The third-order valence-corrected chi connectivity index (χ3v) is 6.01. The van der Waals surface area contributed by atoms with Crippen LogP contribution in [0.1, 0.15) is 23.4 Å². The van der Waals surface area contributed by atoms with E-state index in [2.05, 4.69) is 23.3 Å². The fraction of sp³-hybridized carbons (Fsp3) is 0.280. The number of aryl methyl sites for hydroxylation is 2. The normalized spacial score (nSPS) is 13.3. The number of hydrogen-bond donors (Lipinski definition) is 2. The standard InChI is InChI=1S/C25H27FN6O/c1-16-12-19-21(9-4-10-22(19)33-15-27)32(16)25-29-20-8-5-11-31(2)23(20)24(30-25)28-14-17-6-3-7-18(26)13-17/h3-4,6-7,9-10,12-13H,5,8,11,14-15,27H2,1-2H3,(H,28,29,30). The summed E-state index contributed by atoms with van der Waals surface area (Å²) in [4.78, 5) is 12.1. The Morgan fingerprint density at radius 3 is 2.82 bits per heavy atom. The van der Waals surface area contributed by atoms with Crippen LogP contribution in [0.15, 0.2) is 48.5 Å². The van der Waals surface area contributed by atoms with Gasteiger partial charge < -0.3 is 15.0 Å². The van der Waals surface area contributed by atoms with Gasteiger partial charge in [0.25, 0.3) is 0 Å². The quantitative estimate of drug-likeness (QED) is 0.433. The fourth-order valence-electron chi connectivity index (χ4n) is 4.53. The Kier molecular flexibility index (Phi) is 5.60. The minimum Gasteiger partial charge on any atom is -0.478 e. The Labute approximate surface area is 192 Å². The Hall–Kier alpha value is -3.65. The van der Waals surface area contributed by atoms with Crippen LogP contribution in [-0.4, -0.2) is 34.9 Å². The van der Waals surface area contributed by atoms with Crippen LogP contribution in [0.5, 0.6) is 5.75 Å². The first kappa shape index (κ1) is 21.2. The summed E-state index contributed by atoms with van der Waals surface area (Å²) in [7, 11) is 2.06. The summed E-state index contributed by atoms with van der Waals surface area (Å²) < 4.78 is 21.3. The zero-order valence-electron chi connectivity index (χ0n) is 18.8. The number of anilines is 2. The van der Waals surface area contributed by atoms with E-state index >= 15 is 0 Å². The van der Waals surface area contributed by atoms with Crippen molar-refractivity contribution in [1.82, 2.24) is 14.5 Å². The highest BCUT2D eigenvalue weighted by Crippen LogP contribution is 2.35. The predicted molar refractivity (Wildman–Crippen MR) is 129 cm³/mol. The zero-order valence-corrected chi connectivity index (χ0v) is 18.8. The molecule has 0 aliphatic carbocycles. The molecule has 3 N–H and O–H groups in total. The minimum absolute atomic E-state index is 0.110. The van der Waals surface area contributed by atoms with E-state index in [1.165, 1.54) is 12.1 Å². The van der Waals surface area contributed by atoms with Crippen molar-refractivity contribution in [2.24, 2.45) is 5.73 Å². The summed E-state index contributed by atoms with van der Waals surface area (Å²) >= 11 is 0. The average molecular weight is 447 g/mol. The van der Waals surface area contributed by atoms with Crippen molar-refractivity contribution in [3.8, 4) is 11.7 Å². The molecular weight excluding hydrogens is 419 g/mol. The highest BCUT2D eigenvalue weighted by molar-refractivity contribution is 5.88. The van der Waals surface area contributed by atoms with Crippen LogP contribution in [0, 0.1) is 12.7 Å². The van der Waals surface area contributed by atoms with E-state index in [0.29, 0.717) is 12.5 Å². The molecule has 0 saturated heterocycles. The summed E-state index contributed by atoms with van der Waals surface area (Å²) in [6, 6.07) is 14.5. The van der Waals surface area contributed by atoms with Crippen LogP contribution >= 0.6 is 0 Å². The van der Waals surface area contributed by atoms with Crippen LogP contribution in [-0.2, 0) is 13.0 Å². The van der Waals surface area contributed by atoms with Gasteiger partial charge in [-0.25, -0.2) is 9.37 Å². The number of halogens is 1. The number of nitrogens with one attached hydrogen (secondary N) is 1. The first-order chi connectivity index (χ1) is 16.0. The summed E-state index contributed by atoms with van der Waals surface area (Å²) in [6.45, 7) is 3.55. The van der Waals surface area contributed by atoms with Crippen LogP contribution in [0.2, 0.25) is 0 Å². The molecule has 3 heterocycles. The largest absolute Gasteiger partial charge is 0.478 e. The molecule has 0 spiro atoms. The second-order valence-corrected chi connectivity index (χ2v) is 8.30. The number of nitrogens with two attached hydrogens (primary N) is 1. The van der Waals surface area contributed by atoms with Crippen molar-refractivity contribution in [3.63, 3.8) is 0 Å². The van der Waals surface area contributed by atoms with Gasteiger partial charge in [0.2, 0.25) is 5.95 Å². The number of benzene rings is 2. The number of rotatable bonds is 6. The van der Waals surface area contributed by atoms with Crippen LogP contribution in [0.3, 0.4) is 0 Å². The molecular formula is C25H27FN6O. The van der Waals surface area contributed by atoms with Crippen molar-refractivity contribution >= 4 is 22.4 Å². The van der Waals surface area contributed by atoms with E-state index in [0.717, 1.165) is 64.5 Å². The molecule has 5 rings (SSSR count). The van der Waals surface area contributed by atoms with Gasteiger partial charge in [-0.15, -0.1) is 0 Å². The summed E-state index contributed by atoms with van der Waals surface area (Å²) in [5.41, 5.74) is 10.4.